The Bertz CT molecular complexity index is 528. The van der Waals surface area contributed by atoms with Gasteiger partial charge in [0.2, 0.25) is 0 Å². The molecule has 0 fully saturated rings. The summed E-state index contributed by atoms with van der Waals surface area (Å²) in [6, 6.07) is 13.5. The highest BCUT2D eigenvalue weighted by atomic mass is 35.5. The van der Waals surface area contributed by atoms with Crippen LogP contribution in [-0.4, -0.2) is 0 Å². The van der Waals surface area contributed by atoms with Gasteiger partial charge < -0.3 is 5.32 Å². The van der Waals surface area contributed by atoms with E-state index in [1.54, 1.807) is 17.4 Å². The van der Waals surface area contributed by atoms with Crippen molar-refractivity contribution in [3.05, 3.63) is 51.2 Å². The van der Waals surface area contributed by atoms with Crippen molar-refractivity contribution in [2.24, 2.45) is 0 Å². The van der Waals surface area contributed by atoms with Gasteiger partial charge in [0.1, 0.15) is 6.07 Å². The maximum absolute atomic E-state index is 8.91. The van der Waals surface area contributed by atoms with Crippen molar-refractivity contribution >= 4 is 28.6 Å². The van der Waals surface area contributed by atoms with E-state index in [1.807, 2.05) is 30.3 Å². The molecule has 0 radical (unpaired) electrons. The first-order chi connectivity index (χ1) is 7.79. The van der Waals surface area contributed by atoms with Crippen molar-refractivity contribution in [2.45, 2.75) is 6.54 Å². The zero-order valence-corrected chi connectivity index (χ0v) is 9.98. The maximum Gasteiger partial charge on any atom is 0.101 e. The van der Waals surface area contributed by atoms with E-state index in [0.29, 0.717) is 12.1 Å². The molecule has 0 amide bonds. The van der Waals surface area contributed by atoms with Crippen LogP contribution in [0.25, 0.3) is 0 Å². The number of rotatable bonds is 3. The molecule has 0 saturated carbocycles. The number of hydrogen-bond acceptors (Lipinski definition) is 3. The van der Waals surface area contributed by atoms with E-state index >= 15 is 0 Å². The van der Waals surface area contributed by atoms with Crippen LogP contribution in [0.4, 0.5) is 5.69 Å². The lowest BCUT2D eigenvalue weighted by Crippen LogP contribution is -1.99. The van der Waals surface area contributed by atoms with E-state index in [4.69, 9.17) is 16.9 Å². The molecule has 0 aliphatic carbocycles. The van der Waals surface area contributed by atoms with Gasteiger partial charge in [0.25, 0.3) is 0 Å². The van der Waals surface area contributed by atoms with Gasteiger partial charge in [-0.25, -0.2) is 0 Å². The first-order valence-electron chi connectivity index (χ1n) is 4.77. The van der Waals surface area contributed by atoms with Crippen LogP contribution < -0.4 is 5.32 Å². The number of halogens is 1. The Kier molecular flexibility index (Phi) is 3.45. The van der Waals surface area contributed by atoms with Gasteiger partial charge in [0, 0.05) is 11.4 Å². The third-order valence-electron chi connectivity index (χ3n) is 2.13. The second kappa shape index (κ2) is 5.02. The van der Waals surface area contributed by atoms with Crippen LogP contribution in [0.15, 0.2) is 36.4 Å². The molecule has 2 nitrogen and oxygen atoms in total. The van der Waals surface area contributed by atoms with Crippen LogP contribution in [0.2, 0.25) is 4.34 Å². The molecule has 1 aromatic heterocycles. The van der Waals surface area contributed by atoms with Crippen LogP contribution in [0.3, 0.4) is 0 Å². The maximum atomic E-state index is 8.91. The van der Waals surface area contributed by atoms with Gasteiger partial charge in [-0.1, -0.05) is 23.7 Å². The van der Waals surface area contributed by atoms with Gasteiger partial charge in [0.05, 0.1) is 15.6 Å². The Morgan fingerprint density at radius 2 is 2.06 bits per heavy atom. The molecule has 0 unspecified atom stereocenters. The van der Waals surface area contributed by atoms with Crippen LogP contribution in [0.1, 0.15) is 10.4 Å². The quantitative estimate of drug-likeness (QED) is 0.895. The predicted molar refractivity (Wildman–Crippen MR) is 67.8 cm³/mol. The van der Waals surface area contributed by atoms with Gasteiger partial charge in [-0.05, 0) is 24.3 Å². The average molecular weight is 249 g/mol. The van der Waals surface area contributed by atoms with Crippen molar-refractivity contribution in [1.29, 1.82) is 5.26 Å². The number of hydrogen-bond donors (Lipinski definition) is 1. The highest BCUT2D eigenvalue weighted by Crippen LogP contribution is 2.23. The normalized spacial score (nSPS) is 9.75. The highest BCUT2D eigenvalue weighted by molar-refractivity contribution is 7.16. The summed E-state index contributed by atoms with van der Waals surface area (Å²) in [5.41, 5.74) is 1.51. The lowest BCUT2D eigenvalue weighted by molar-refractivity contribution is 1.19. The smallest absolute Gasteiger partial charge is 0.101 e. The van der Waals surface area contributed by atoms with Gasteiger partial charge >= 0.3 is 0 Å². The molecule has 0 aliphatic rings. The Hall–Kier alpha value is -1.50. The largest absolute Gasteiger partial charge is 0.379 e. The van der Waals surface area contributed by atoms with E-state index in [2.05, 4.69) is 11.4 Å². The van der Waals surface area contributed by atoms with E-state index in [-0.39, 0.29) is 0 Å². The molecule has 1 heterocycles. The van der Waals surface area contributed by atoms with E-state index < -0.39 is 0 Å². The summed E-state index contributed by atoms with van der Waals surface area (Å²) < 4.78 is 0.783. The fourth-order valence-electron chi connectivity index (χ4n) is 1.36. The third kappa shape index (κ3) is 2.54. The lowest BCUT2D eigenvalue weighted by Gasteiger charge is -2.05. The summed E-state index contributed by atoms with van der Waals surface area (Å²) in [4.78, 5) is 1.15. The van der Waals surface area contributed by atoms with E-state index in [1.165, 1.54) is 0 Å². The van der Waals surface area contributed by atoms with Crippen molar-refractivity contribution in [3.63, 3.8) is 0 Å². The van der Waals surface area contributed by atoms with Gasteiger partial charge in [-0.2, -0.15) is 5.26 Å². The molecule has 0 atom stereocenters. The average Bonchev–Trinajstić information content (AvgIpc) is 2.73. The van der Waals surface area contributed by atoms with E-state index in [9.17, 15) is 0 Å². The Morgan fingerprint density at radius 3 is 2.75 bits per heavy atom. The van der Waals surface area contributed by atoms with Crippen molar-refractivity contribution in [3.8, 4) is 6.07 Å². The number of nitriles is 1. The number of para-hydroxylation sites is 1. The molecule has 0 saturated heterocycles. The fourth-order valence-corrected chi connectivity index (χ4v) is 2.39. The fraction of sp³-hybridized carbons (Fsp3) is 0.0833. The number of nitrogens with one attached hydrogen (secondary N) is 1. The molecular formula is C12H9ClN2S. The summed E-state index contributed by atoms with van der Waals surface area (Å²) in [6.45, 7) is 0.691. The van der Waals surface area contributed by atoms with Crippen LogP contribution in [0.5, 0.6) is 0 Å². The number of thiophene rings is 1. The van der Waals surface area contributed by atoms with Gasteiger partial charge in [0.15, 0.2) is 0 Å². The Labute approximate surface area is 103 Å². The molecule has 2 rings (SSSR count). The SMILES string of the molecule is N#Cc1ccccc1NCc1ccc(Cl)s1. The number of nitrogens with zero attached hydrogens (tertiary/aromatic N) is 1. The van der Waals surface area contributed by atoms with Gasteiger partial charge in [-0.15, -0.1) is 11.3 Å². The summed E-state index contributed by atoms with van der Waals surface area (Å²) in [5, 5.41) is 12.1. The summed E-state index contributed by atoms with van der Waals surface area (Å²) >= 11 is 7.38. The summed E-state index contributed by atoms with van der Waals surface area (Å²) in [5.74, 6) is 0. The topological polar surface area (TPSA) is 35.8 Å². The van der Waals surface area contributed by atoms with Crippen LogP contribution >= 0.6 is 22.9 Å². The van der Waals surface area contributed by atoms with Crippen molar-refractivity contribution in [2.75, 3.05) is 5.32 Å². The lowest BCUT2D eigenvalue weighted by atomic mass is 10.2. The third-order valence-corrected chi connectivity index (χ3v) is 3.36. The Balaban J connectivity index is 2.08. The first-order valence-corrected chi connectivity index (χ1v) is 5.96. The van der Waals surface area contributed by atoms with E-state index in [0.717, 1.165) is 14.9 Å². The van der Waals surface area contributed by atoms with Crippen molar-refractivity contribution in [1.82, 2.24) is 0 Å². The molecular weight excluding hydrogens is 240 g/mol. The zero-order valence-electron chi connectivity index (χ0n) is 8.40. The number of anilines is 1. The standard InChI is InChI=1S/C12H9ClN2S/c13-12-6-5-10(16-12)8-15-11-4-2-1-3-9(11)7-14/h1-6,15H,8H2. The molecule has 16 heavy (non-hydrogen) atoms. The second-order valence-corrected chi connectivity index (χ2v) is 5.02. The summed E-state index contributed by atoms with van der Waals surface area (Å²) in [6.07, 6.45) is 0. The molecule has 0 bridgehead atoms. The summed E-state index contributed by atoms with van der Waals surface area (Å²) in [7, 11) is 0. The molecule has 2 aromatic rings. The zero-order chi connectivity index (χ0) is 11.4. The van der Waals surface area contributed by atoms with Gasteiger partial charge in [-0.3, -0.25) is 0 Å². The monoisotopic (exact) mass is 248 g/mol. The minimum atomic E-state index is 0.658. The highest BCUT2D eigenvalue weighted by Gasteiger charge is 2.01. The minimum absolute atomic E-state index is 0.658. The van der Waals surface area contributed by atoms with Crippen LogP contribution in [-0.2, 0) is 6.54 Å². The molecule has 0 spiro atoms. The molecule has 0 aliphatic heterocycles. The Morgan fingerprint density at radius 1 is 1.25 bits per heavy atom. The number of benzene rings is 1. The van der Waals surface area contributed by atoms with Crippen LogP contribution in [0, 0.1) is 11.3 Å². The molecule has 4 heteroatoms. The first kappa shape index (κ1) is 11.0. The van der Waals surface area contributed by atoms with Crippen molar-refractivity contribution < 1.29 is 0 Å². The molecule has 80 valence electrons. The minimum Gasteiger partial charge on any atom is -0.379 e. The second-order valence-electron chi connectivity index (χ2n) is 3.22. The predicted octanol–water partition coefficient (Wildman–Crippen LogP) is 3.89. The molecule has 1 N–H and O–H groups in total. The molecule has 1 aromatic carbocycles.